The van der Waals surface area contributed by atoms with Crippen molar-refractivity contribution in [2.75, 3.05) is 39.1 Å². The maximum atomic E-state index is 10.7. The summed E-state index contributed by atoms with van der Waals surface area (Å²) in [7, 11) is 1.93. The summed E-state index contributed by atoms with van der Waals surface area (Å²) in [4.78, 5) is 19.8. The Balaban J connectivity index is 1.55. The van der Waals surface area contributed by atoms with Gasteiger partial charge < -0.3 is 40.9 Å². The van der Waals surface area contributed by atoms with Gasteiger partial charge in [0.2, 0.25) is 5.90 Å². The number of nitrogen functional groups attached to an aromatic ring is 1. The lowest BCUT2D eigenvalue weighted by Gasteiger charge is -2.22. The van der Waals surface area contributed by atoms with Crippen LogP contribution < -0.4 is 11.5 Å². The summed E-state index contributed by atoms with van der Waals surface area (Å²) in [6.45, 7) is 5.95. The average molecular weight is 467 g/mol. The fourth-order valence-electron chi connectivity index (χ4n) is 3.79. The molecule has 1 aliphatic rings. The largest absolute Gasteiger partial charge is 0.479 e. The van der Waals surface area contributed by atoms with Crippen LogP contribution in [0.5, 0.6) is 0 Å². The average Bonchev–Trinajstić information content (AvgIpc) is 3.29. The van der Waals surface area contributed by atoms with Crippen LogP contribution in [0, 0.1) is 0 Å². The second-order valence-corrected chi connectivity index (χ2v) is 7.93. The number of aliphatic hydroxyl groups is 2. The summed E-state index contributed by atoms with van der Waals surface area (Å²) >= 11 is 0. The first kappa shape index (κ1) is 25.1. The molecule has 1 fully saturated rings. The van der Waals surface area contributed by atoms with Crippen LogP contribution in [0.3, 0.4) is 0 Å². The minimum absolute atomic E-state index is 0.0826. The van der Waals surface area contributed by atoms with Crippen molar-refractivity contribution in [3.63, 3.8) is 0 Å². The van der Waals surface area contributed by atoms with Gasteiger partial charge in [-0.15, -0.1) is 0 Å². The van der Waals surface area contributed by atoms with Crippen LogP contribution in [0.25, 0.3) is 11.2 Å². The van der Waals surface area contributed by atoms with Gasteiger partial charge in [0.25, 0.3) is 0 Å². The Labute approximate surface area is 192 Å². The monoisotopic (exact) mass is 466 g/mol. The Hall–Kier alpha value is -2.58. The molecule has 0 bridgehead atoms. The summed E-state index contributed by atoms with van der Waals surface area (Å²) in [6, 6.07) is 0. The highest BCUT2D eigenvalue weighted by atomic mass is 16.6. The van der Waals surface area contributed by atoms with Crippen LogP contribution in [-0.4, -0.2) is 92.2 Å². The van der Waals surface area contributed by atoms with E-state index in [0.717, 1.165) is 19.4 Å². The molecule has 0 aliphatic carbocycles. The summed E-state index contributed by atoms with van der Waals surface area (Å²) in [5.74, 6) is 1.15. The molecule has 3 heterocycles. The van der Waals surface area contributed by atoms with Crippen LogP contribution in [-0.2, 0) is 20.9 Å². The molecule has 1 saturated heterocycles. The van der Waals surface area contributed by atoms with E-state index in [1.165, 1.54) is 6.33 Å². The number of imidazole rings is 1. The van der Waals surface area contributed by atoms with Gasteiger partial charge in [-0.1, -0.05) is 5.16 Å². The molecule has 184 valence electrons. The molecule has 4 atom stereocenters. The second kappa shape index (κ2) is 11.5. The Morgan fingerprint density at radius 3 is 2.82 bits per heavy atom. The maximum Gasteiger partial charge on any atom is 0.222 e. The highest BCUT2D eigenvalue weighted by Crippen LogP contribution is 2.33. The van der Waals surface area contributed by atoms with Gasteiger partial charge in [0.05, 0.1) is 13.2 Å². The lowest BCUT2D eigenvalue weighted by molar-refractivity contribution is -0.0436. The van der Waals surface area contributed by atoms with E-state index in [0.29, 0.717) is 42.6 Å². The lowest BCUT2D eigenvalue weighted by atomic mass is 10.1. The molecular formula is C20H34N8O5. The number of aliphatic hydroxyl groups excluding tert-OH is 2. The number of oxime groups is 1. The molecule has 0 spiro atoms. The molecule has 6 N–H and O–H groups in total. The molecule has 0 radical (unpaired) electrons. The van der Waals surface area contributed by atoms with Gasteiger partial charge in [-0.25, -0.2) is 15.0 Å². The summed E-state index contributed by atoms with van der Waals surface area (Å²) in [6.07, 6.45) is -0.765. The van der Waals surface area contributed by atoms with Gasteiger partial charge in [-0.3, -0.25) is 4.57 Å². The number of aromatic nitrogens is 4. The Kier molecular flexibility index (Phi) is 8.74. The highest BCUT2D eigenvalue weighted by molar-refractivity contribution is 5.81. The van der Waals surface area contributed by atoms with E-state index in [9.17, 15) is 10.2 Å². The van der Waals surface area contributed by atoms with E-state index >= 15 is 0 Å². The van der Waals surface area contributed by atoms with Gasteiger partial charge in [0.15, 0.2) is 23.2 Å². The topological polar surface area (TPSA) is 179 Å². The molecule has 3 rings (SSSR count). The quantitative estimate of drug-likeness (QED) is 0.146. The van der Waals surface area contributed by atoms with Crippen molar-refractivity contribution < 1.29 is 24.5 Å². The van der Waals surface area contributed by atoms with Crippen LogP contribution in [0.4, 0.5) is 5.82 Å². The zero-order chi connectivity index (χ0) is 24.0. The molecule has 0 saturated carbocycles. The van der Waals surface area contributed by atoms with E-state index in [1.807, 2.05) is 18.9 Å². The SMILES string of the molecule is CCO/C(C)=N\OCCCCN(C)C[C@H]1O[C@@H](n2c(CN)nc3c(N)ncnc32)[C@H](O)[C@@H]1O. The van der Waals surface area contributed by atoms with Gasteiger partial charge in [-0.05, 0) is 33.4 Å². The standard InChI is InChI=1S/C20H34N8O5/c1-4-31-12(2)26-32-8-6-5-7-27(3)10-13-16(29)17(30)20(33-13)28-14(9-21)25-15-18(22)23-11-24-19(15)28/h11,13,16-17,20,29-30H,4-10,21H2,1-3H3,(H2,22,23,24)/b26-12-/t13-,16-,17-,20-/m1/s1. The van der Waals surface area contributed by atoms with E-state index in [1.54, 1.807) is 11.5 Å². The van der Waals surface area contributed by atoms with Crippen molar-refractivity contribution in [3.8, 4) is 0 Å². The highest BCUT2D eigenvalue weighted by Gasteiger charge is 2.45. The molecule has 0 aromatic carbocycles. The van der Waals surface area contributed by atoms with Crippen molar-refractivity contribution in [2.24, 2.45) is 10.9 Å². The van der Waals surface area contributed by atoms with E-state index in [4.69, 9.17) is 25.8 Å². The van der Waals surface area contributed by atoms with Gasteiger partial charge in [0.1, 0.15) is 37.1 Å². The molecule has 2 aromatic heterocycles. The molecule has 0 unspecified atom stereocenters. The normalized spacial score (nSPS) is 23.5. The Morgan fingerprint density at radius 2 is 2.09 bits per heavy atom. The van der Waals surface area contributed by atoms with Gasteiger partial charge >= 0.3 is 0 Å². The van der Waals surface area contributed by atoms with Crippen LogP contribution in [0.15, 0.2) is 11.5 Å². The number of hydrogen-bond donors (Lipinski definition) is 4. The number of likely N-dealkylation sites (N-methyl/N-ethyl adjacent to an activating group) is 1. The molecule has 1 aliphatic heterocycles. The smallest absolute Gasteiger partial charge is 0.222 e. The van der Waals surface area contributed by atoms with Crippen molar-refractivity contribution in [1.29, 1.82) is 0 Å². The number of nitrogens with zero attached hydrogens (tertiary/aromatic N) is 6. The van der Waals surface area contributed by atoms with Crippen LogP contribution >= 0.6 is 0 Å². The minimum atomic E-state index is -1.18. The molecule has 33 heavy (non-hydrogen) atoms. The lowest BCUT2D eigenvalue weighted by Crippen LogP contribution is -2.39. The first-order valence-corrected chi connectivity index (χ1v) is 11.0. The summed E-state index contributed by atoms with van der Waals surface area (Å²) in [5.41, 5.74) is 12.5. The van der Waals surface area contributed by atoms with Crippen LogP contribution in [0.1, 0.15) is 38.7 Å². The van der Waals surface area contributed by atoms with Crippen molar-refractivity contribution in [2.45, 2.75) is 57.8 Å². The zero-order valence-electron chi connectivity index (χ0n) is 19.3. The van der Waals surface area contributed by atoms with E-state index in [2.05, 4.69) is 20.1 Å². The van der Waals surface area contributed by atoms with E-state index in [-0.39, 0.29) is 12.4 Å². The number of fused-ring (bicyclic) bond motifs is 1. The third-order valence-corrected chi connectivity index (χ3v) is 5.42. The van der Waals surface area contributed by atoms with Gasteiger partial charge in [-0.2, -0.15) is 0 Å². The predicted molar refractivity (Wildman–Crippen MR) is 121 cm³/mol. The predicted octanol–water partition coefficient (Wildman–Crippen LogP) is -0.415. The van der Waals surface area contributed by atoms with Crippen molar-refractivity contribution >= 4 is 22.9 Å². The first-order chi connectivity index (χ1) is 15.9. The van der Waals surface area contributed by atoms with E-state index < -0.39 is 24.5 Å². The molecule has 13 heteroatoms. The Morgan fingerprint density at radius 1 is 1.30 bits per heavy atom. The minimum Gasteiger partial charge on any atom is -0.479 e. The number of unbranched alkanes of at least 4 members (excludes halogenated alkanes) is 1. The second-order valence-electron chi connectivity index (χ2n) is 7.93. The summed E-state index contributed by atoms with van der Waals surface area (Å²) in [5, 5.41) is 25.2. The molecule has 2 aromatic rings. The number of anilines is 1. The zero-order valence-corrected chi connectivity index (χ0v) is 19.3. The summed E-state index contributed by atoms with van der Waals surface area (Å²) < 4.78 is 12.8. The van der Waals surface area contributed by atoms with Crippen molar-refractivity contribution in [1.82, 2.24) is 24.4 Å². The molecule has 13 nitrogen and oxygen atoms in total. The maximum absolute atomic E-state index is 10.7. The fraction of sp³-hybridized carbons (Fsp3) is 0.700. The van der Waals surface area contributed by atoms with Gasteiger partial charge in [0, 0.05) is 13.5 Å². The molecular weight excluding hydrogens is 432 g/mol. The number of rotatable bonds is 11. The third kappa shape index (κ3) is 5.86. The van der Waals surface area contributed by atoms with Crippen LogP contribution in [0.2, 0.25) is 0 Å². The number of ether oxygens (including phenoxy) is 2. The fourth-order valence-corrected chi connectivity index (χ4v) is 3.79. The first-order valence-electron chi connectivity index (χ1n) is 11.0. The number of nitrogens with two attached hydrogens (primary N) is 2. The third-order valence-electron chi connectivity index (χ3n) is 5.42. The number of hydrogen-bond acceptors (Lipinski definition) is 12. The molecule has 0 amide bonds. The Bertz CT molecular complexity index is 939. The van der Waals surface area contributed by atoms with Crippen molar-refractivity contribution in [3.05, 3.63) is 12.2 Å².